The van der Waals surface area contributed by atoms with Gasteiger partial charge in [0.15, 0.2) is 0 Å². The van der Waals surface area contributed by atoms with Crippen molar-refractivity contribution < 1.29 is 9.53 Å². The Kier molecular flexibility index (Phi) is 7.16. The number of hydrogen-bond donors (Lipinski definition) is 1. The predicted octanol–water partition coefficient (Wildman–Crippen LogP) is 5.17. The van der Waals surface area contributed by atoms with Crippen molar-refractivity contribution in [2.75, 3.05) is 6.54 Å². The molecule has 5 nitrogen and oxygen atoms in total. The van der Waals surface area contributed by atoms with Gasteiger partial charge in [0.1, 0.15) is 12.4 Å². The molecule has 3 aromatic rings. The molecule has 0 radical (unpaired) electrons. The molecule has 0 fully saturated rings. The average molecular weight is 426 g/mol. The van der Waals surface area contributed by atoms with E-state index in [4.69, 9.17) is 16.3 Å². The van der Waals surface area contributed by atoms with Gasteiger partial charge in [-0.25, -0.2) is 0 Å². The fourth-order valence-electron chi connectivity index (χ4n) is 3.34. The Morgan fingerprint density at radius 1 is 1.07 bits per heavy atom. The van der Waals surface area contributed by atoms with Crippen LogP contribution in [0, 0.1) is 27.7 Å². The molecule has 1 heterocycles. The molecule has 0 spiro atoms. The minimum atomic E-state index is -0.0696. The Morgan fingerprint density at radius 3 is 2.33 bits per heavy atom. The lowest BCUT2D eigenvalue weighted by molar-refractivity contribution is 0.0952. The van der Waals surface area contributed by atoms with E-state index in [1.165, 1.54) is 0 Å². The van der Waals surface area contributed by atoms with Crippen molar-refractivity contribution in [2.24, 2.45) is 0 Å². The van der Waals surface area contributed by atoms with E-state index in [9.17, 15) is 4.79 Å². The summed E-state index contributed by atoms with van der Waals surface area (Å²) >= 11 is 6.20. The Hall–Kier alpha value is -2.79. The van der Waals surface area contributed by atoms with Gasteiger partial charge in [0.2, 0.25) is 0 Å². The smallest absolute Gasteiger partial charge is 0.251 e. The van der Waals surface area contributed by atoms with Gasteiger partial charge in [-0.2, -0.15) is 5.10 Å². The number of aryl methyl sites for hydroxylation is 5. The molecule has 0 bridgehead atoms. The summed E-state index contributed by atoms with van der Waals surface area (Å²) in [5.74, 6) is 0.721. The molecule has 0 aliphatic carbocycles. The molecule has 0 saturated heterocycles. The van der Waals surface area contributed by atoms with E-state index in [1.54, 1.807) is 0 Å². The molecular formula is C24H28ClN3O2. The zero-order chi connectivity index (χ0) is 21.7. The van der Waals surface area contributed by atoms with E-state index in [-0.39, 0.29) is 5.91 Å². The van der Waals surface area contributed by atoms with Gasteiger partial charge in [0.05, 0.1) is 5.69 Å². The topological polar surface area (TPSA) is 56.2 Å². The van der Waals surface area contributed by atoms with Gasteiger partial charge in [-0.3, -0.25) is 9.48 Å². The maximum absolute atomic E-state index is 12.3. The zero-order valence-corrected chi connectivity index (χ0v) is 18.7. The van der Waals surface area contributed by atoms with Crippen LogP contribution in [0.15, 0.2) is 42.5 Å². The Bertz CT molecular complexity index is 1000. The van der Waals surface area contributed by atoms with E-state index in [1.807, 2.05) is 68.8 Å². The van der Waals surface area contributed by atoms with Gasteiger partial charge < -0.3 is 10.1 Å². The lowest BCUT2D eigenvalue weighted by Gasteiger charge is -2.11. The molecule has 158 valence electrons. The summed E-state index contributed by atoms with van der Waals surface area (Å²) in [6, 6.07) is 13.4. The maximum atomic E-state index is 12.3. The summed E-state index contributed by atoms with van der Waals surface area (Å²) in [5.41, 5.74) is 5.79. The van der Waals surface area contributed by atoms with Gasteiger partial charge >= 0.3 is 0 Å². The summed E-state index contributed by atoms with van der Waals surface area (Å²) in [7, 11) is 0. The molecule has 0 saturated carbocycles. The summed E-state index contributed by atoms with van der Waals surface area (Å²) in [6.07, 6.45) is 0.833. The van der Waals surface area contributed by atoms with Crippen LogP contribution in [-0.4, -0.2) is 22.2 Å². The van der Waals surface area contributed by atoms with Gasteiger partial charge in [0, 0.05) is 29.4 Å². The number of ether oxygens (including phenoxy) is 1. The van der Waals surface area contributed by atoms with Crippen molar-refractivity contribution in [2.45, 2.75) is 47.3 Å². The predicted molar refractivity (Wildman–Crippen MR) is 120 cm³/mol. The van der Waals surface area contributed by atoms with Gasteiger partial charge in [0.25, 0.3) is 5.91 Å². The van der Waals surface area contributed by atoms with E-state index >= 15 is 0 Å². The van der Waals surface area contributed by atoms with Crippen molar-refractivity contribution in [3.05, 3.63) is 81.1 Å². The molecular weight excluding hydrogens is 398 g/mol. The van der Waals surface area contributed by atoms with Crippen LogP contribution in [0.1, 0.15) is 44.9 Å². The molecule has 2 aromatic carbocycles. The number of aromatic nitrogens is 2. The first kappa shape index (κ1) is 21.9. The minimum Gasteiger partial charge on any atom is -0.489 e. The van der Waals surface area contributed by atoms with Gasteiger partial charge in [-0.15, -0.1) is 0 Å². The maximum Gasteiger partial charge on any atom is 0.251 e. The highest BCUT2D eigenvalue weighted by Gasteiger charge is 2.07. The third-order valence-electron chi connectivity index (χ3n) is 4.97. The average Bonchev–Trinajstić information content (AvgIpc) is 3.04. The number of rotatable bonds is 8. The Morgan fingerprint density at radius 2 is 1.73 bits per heavy atom. The van der Waals surface area contributed by atoms with Crippen LogP contribution in [0.3, 0.4) is 0 Å². The summed E-state index contributed by atoms with van der Waals surface area (Å²) < 4.78 is 7.85. The first-order valence-electron chi connectivity index (χ1n) is 10.1. The molecule has 1 aromatic heterocycles. The largest absolute Gasteiger partial charge is 0.489 e. The van der Waals surface area contributed by atoms with Crippen LogP contribution in [-0.2, 0) is 13.2 Å². The Balaban J connectivity index is 1.46. The zero-order valence-electron chi connectivity index (χ0n) is 18.0. The normalized spacial score (nSPS) is 10.8. The van der Waals surface area contributed by atoms with Crippen LogP contribution in [0.25, 0.3) is 0 Å². The molecule has 1 N–H and O–H groups in total. The standard InChI is InChI=1S/C24H28ClN3O2/c1-16-12-22(13-17(2)23(16)25)30-15-20-6-8-21(9-7-20)24(29)26-10-5-11-28-19(4)14-18(3)27-28/h6-9,12-14H,5,10-11,15H2,1-4H3,(H,26,29). The summed E-state index contributed by atoms with van der Waals surface area (Å²) in [5, 5.41) is 8.17. The van der Waals surface area contributed by atoms with Crippen LogP contribution >= 0.6 is 11.6 Å². The van der Waals surface area contributed by atoms with E-state index in [0.29, 0.717) is 18.7 Å². The van der Waals surface area contributed by atoms with Gasteiger partial charge in [-0.05, 0) is 81.1 Å². The monoisotopic (exact) mass is 425 g/mol. The first-order chi connectivity index (χ1) is 14.3. The highest BCUT2D eigenvalue weighted by Crippen LogP contribution is 2.26. The van der Waals surface area contributed by atoms with Crippen molar-refractivity contribution in [3.8, 4) is 5.75 Å². The van der Waals surface area contributed by atoms with E-state index in [2.05, 4.69) is 16.5 Å². The molecule has 6 heteroatoms. The molecule has 0 aliphatic heterocycles. The molecule has 0 unspecified atom stereocenters. The number of hydrogen-bond acceptors (Lipinski definition) is 3. The molecule has 3 rings (SSSR count). The third kappa shape index (κ3) is 5.63. The highest BCUT2D eigenvalue weighted by atomic mass is 35.5. The number of benzene rings is 2. The van der Waals surface area contributed by atoms with Crippen molar-refractivity contribution in [1.29, 1.82) is 0 Å². The van der Waals surface area contributed by atoms with Crippen LogP contribution < -0.4 is 10.1 Å². The summed E-state index contributed by atoms with van der Waals surface area (Å²) in [4.78, 5) is 12.3. The van der Waals surface area contributed by atoms with E-state index in [0.717, 1.165) is 51.8 Å². The minimum absolute atomic E-state index is 0.0696. The quantitative estimate of drug-likeness (QED) is 0.506. The lowest BCUT2D eigenvalue weighted by atomic mass is 10.1. The second kappa shape index (κ2) is 9.81. The fraction of sp³-hybridized carbons (Fsp3) is 0.333. The second-order valence-electron chi connectivity index (χ2n) is 7.62. The van der Waals surface area contributed by atoms with Crippen LogP contribution in [0.2, 0.25) is 5.02 Å². The number of nitrogens with one attached hydrogen (secondary N) is 1. The van der Waals surface area contributed by atoms with Crippen molar-refractivity contribution in [3.63, 3.8) is 0 Å². The SMILES string of the molecule is Cc1cc(C)n(CCCNC(=O)c2ccc(COc3cc(C)c(Cl)c(C)c3)cc2)n1. The number of amides is 1. The lowest BCUT2D eigenvalue weighted by Crippen LogP contribution is -2.25. The fourth-order valence-corrected chi connectivity index (χ4v) is 3.45. The molecule has 0 aliphatic rings. The molecule has 1 amide bonds. The van der Waals surface area contributed by atoms with Gasteiger partial charge in [-0.1, -0.05) is 23.7 Å². The number of nitrogens with zero attached hydrogens (tertiary/aromatic N) is 2. The van der Waals surface area contributed by atoms with Crippen LogP contribution in [0.4, 0.5) is 0 Å². The van der Waals surface area contributed by atoms with E-state index < -0.39 is 0 Å². The third-order valence-corrected chi connectivity index (χ3v) is 5.56. The highest BCUT2D eigenvalue weighted by molar-refractivity contribution is 6.32. The summed E-state index contributed by atoms with van der Waals surface area (Å²) in [6.45, 7) is 9.79. The number of halogens is 1. The molecule has 0 atom stereocenters. The molecule has 30 heavy (non-hydrogen) atoms. The number of carbonyl (C=O) groups excluding carboxylic acids is 1. The second-order valence-corrected chi connectivity index (χ2v) is 7.99. The van der Waals surface area contributed by atoms with Crippen molar-refractivity contribution in [1.82, 2.24) is 15.1 Å². The van der Waals surface area contributed by atoms with Crippen molar-refractivity contribution >= 4 is 17.5 Å². The Labute approximate surface area is 183 Å². The first-order valence-corrected chi connectivity index (χ1v) is 10.5. The number of carbonyl (C=O) groups is 1. The van der Waals surface area contributed by atoms with Crippen LogP contribution in [0.5, 0.6) is 5.75 Å².